The van der Waals surface area contributed by atoms with Crippen LogP contribution >= 0.6 is 11.8 Å². The lowest BCUT2D eigenvalue weighted by Crippen LogP contribution is -2.36. The van der Waals surface area contributed by atoms with Crippen molar-refractivity contribution in [3.05, 3.63) is 81.3 Å². The molecule has 0 saturated carbocycles. The highest BCUT2D eigenvalue weighted by atomic mass is 32.2. The predicted molar refractivity (Wildman–Crippen MR) is 157 cm³/mol. The Labute approximate surface area is 229 Å². The van der Waals surface area contributed by atoms with Crippen LogP contribution in [0.2, 0.25) is 0 Å². The molecule has 2 unspecified atom stereocenters. The van der Waals surface area contributed by atoms with Gasteiger partial charge >= 0.3 is 5.97 Å². The number of rotatable bonds is 11. The molecule has 3 nitrogen and oxygen atoms in total. The number of allylic oxidation sites excluding steroid dienone is 2. The first-order chi connectivity index (χ1) is 17.6. The van der Waals surface area contributed by atoms with Gasteiger partial charge < -0.3 is 9.47 Å². The van der Waals surface area contributed by atoms with Crippen LogP contribution in [-0.4, -0.2) is 24.4 Å². The zero-order valence-electron chi connectivity index (χ0n) is 24.1. The van der Waals surface area contributed by atoms with Crippen LogP contribution in [0, 0.1) is 12.3 Å². The molecule has 1 aliphatic heterocycles. The molecule has 0 spiro atoms. The van der Waals surface area contributed by atoms with Crippen molar-refractivity contribution < 1.29 is 14.3 Å². The van der Waals surface area contributed by atoms with Crippen molar-refractivity contribution in [2.24, 2.45) is 5.41 Å². The predicted octanol–water partition coefficient (Wildman–Crippen LogP) is 9.03. The van der Waals surface area contributed by atoms with E-state index in [0.29, 0.717) is 17.4 Å². The fourth-order valence-electron chi connectivity index (χ4n) is 5.70. The zero-order valence-corrected chi connectivity index (χ0v) is 25.0. The number of hydrogen-bond acceptors (Lipinski definition) is 4. The van der Waals surface area contributed by atoms with Crippen molar-refractivity contribution in [3.8, 4) is 0 Å². The van der Waals surface area contributed by atoms with Crippen molar-refractivity contribution in [1.82, 2.24) is 0 Å². The average molecular weight is 523 g/mol. The standard InChI is InChI=1S/C33H46O3S/c1-9-33(10-2,26-16-17-27(23(3)20-26)31(34)35-8)30-21-24(4)28(37-30)18-19-29(32(5,6)7)36-22-25-14-12-11-13-15-25/h11-17,20,29-30H,9-10,18-19,21-22H2,1-8H3. The average Bonchev–Trinajstić information content (AvgIpc) is 3.25. The zero-order chi connectivity index (χ0) is 27.2. The first-order valence-electron chi connectivity index (χ1n) is 13.8. The molecule has 0 amide bonds. The first-order valence-corrected chi connectivity index (χ1v) is 14.6. The Hall–Kier alpha value is -2.04. The van der Waals surface area contributed by atoms with Gasteiger partial charge in [0, 0.05) is 10.7 Å². The topological polar surface area (TPSA) is 35.5 Å². The van der Waals surface area contributed by atoms with Gasteiger partial charge in [0.25, 0.3) is 0 Å². The maximum Gasteiger partial charge on any atom is 0.338 e. The Morgan fingerprint density at radius 2 is 1.73 bits per heavy atom. The highest BCUT2D eigenvalue weighted by Crippen LogP contribution is 2.52. The van der Waals surface area contributed by atoms with Gasteiger partial charge in [-0.2, -0.15) is 0 Å². The first kappa shape index (κ1) is 29.5. The van der Waals surface area contributed by atoms with Gasteiger partial charge in [-0.1, -0.05) is 82.7 Å². The summed E-state index contributed by atoms with van der Waals surface area (Å²) in [6.07, 6.45) is 5.55. The van der Waals surface area contributed by atoms with Crippen LogP contribution in [0.25, 0.3) is 0 Å². The number of carbonyl (C=O) groups is 1. The molecule has 0 aliphatic carbocycles. The van der Waals surface area contributed by atoms with E-state index < -0.39 is 0 Å². The minimum atomic E-state index is -0.263. The monoisotopic (exact) mass is 522 g/mol. The van der Waals surface area contributed by atoms with E-state index in [1.54, 1.807) is 0 Å². The maximum atomic E-state index is 12.2. The third kappa shape index (κ3) is 6.89. The van der Waals surface area contributed by atoms with Gasteiger partial charge in [0.2, 0.25) is 0 Å². The summed E-state index contributed by atoms with van der Waals surface area (Å²) >= 11 is 2.09. The fraction of sp³-hybridized carbons (Fsp3) is 0.545. The van der Waals surface area contributed by atoms with Gasteiger partial charge in [-0.15, -0.1) is 11.8 Å². The van der Waals surface area contributed by atoms with E-state index in [0.717, 1.165) is 37.7 Å². The maximum absolute atomic E-state index is 12.2. The second kappa shape index (κ2) is 12.7. The molecule has 0 saturated heterocycles. The lowest BCUT2D eigenvalue weighted by molar-refractivity contribution is -0.0324. The van der Waals surface area contributed by atoms with E-state index in [9.17, 15) is 4.79 Å². The summed E-state index contributed by atoms with van der Waals surface area (Å²) < 4.78 is 11.5. The van der Waals surface area contributed by atoms with E-state index in [4.69, 9.17) is 9.47 Å². The van der Waals surface area contributed by atoms with Gasteiger partial charge in [-0.3, -0.25) is 0 Å². The minimum Gasteiger partial charge on any atom is -0.465 e. The summed E-state index contributed by atoms with van der Waals surface area (Å²) in [7, 11) is 1.44. The molecule has 37 heavy (non-hydrogen) atoms. The number of benzene rings is 2. The van der Waals surface area contributed by atoms with Crippen LogP contribution in [0.15, 0.2) is 59.0 Å². The Morgan fingerprint density at radius 3 is 2.30 bits per heavy atom. The van der Waals surface area contributed by atoms with Gasteiger partial charge in [0.05, 0.1) is 25.4 Å². The summed E-state index contributed by atoms with van der Waals surface area (Å²) in [5, 5.41) is 0.499. The second-order valence-electron chi connectivity index (χ2n) is 11.6. The molecular formula is C33H46O3S. The van der Waals surface area contributed by atoms with Crippen LogP contribution in [0.4, 0.5) is 0 Å². The summed E-state index contributed by atoms with van der Waals surface area (Å²) in [5.74, 6) is -0.263. The smallest absolute Gasteiger partial charge is 0.338 e. The highest BCUT2D eigenvalue weighted by Gasteiger charge is 2.42. The Kier molecular flexibility index (Phi) is 10.1. The highest BCUT2D eigenvalue weighted by molar-refractivity contribution is 8.04. The normalized spacial score (nSPS) is 17.2. The minimum absolute atomic E-state index is 0.0698. The van der Waals surface area contributed by atoms with Crippen molar-refractivity contribution in [1.29, 1.82) is 0 Å². The molecule has 1 aliphatic rings. The fourth-order valence-corrected chi connectivity index (χ4v) is 7.59. The molecule has 2 aromatic rings. The van der Waals surface area contributed by atoms with Gasteiger partial charge in [0.1, 0.15) is 0 Å². The van der Waals surface area contributed by atoms with Crippen molar-refractivity contribution >= 4 is 17.7 Å². The lowest BCUT2D eigenvalue weighted by Gasteiger charge is -2.39. The van der Waals surface area contributed by atoms with E-state index in [1.165, 1.54) is 28.7 Å². The van der Waals surface area contributed by atoms with Gasteiger partial charge in [0.15, 0.2) is 0 Å². The molecule has 0 N–H and O–H groups in total. The third-order valence-corrected chi connectivity index (χ3v) is 9.97. The SMILES string of the molecule is CCC(CC)(c1ccc(C(=O)OC)c(C)c1)C1CC(C)=C(CCC(OCc2ccccc2)C(C)(C)C)S1. The van der Waals surface area contributed by atoms with Crippen LogP contribution < -0.4 is 0 Å². The van der Waals surface area contributed by atoms with Crippen LogP contribution in [-0.2, 0) is 21.5 Å². The third-order valence-electron chi connectivity index (χ3n) is 8.23. The number of aryl methyl sites for hydroxylation is 1. The second-order valence-corrected chi connectivity index (χ2v) is 12.9. The number of ether oxygens (including phenoxy) is 2. The van der Waals surface area contributed by atoms with Gasteiger partial charge in [-0.25, -0.2) is 4.79 Å². The van der Waals surface area contributed by atoms with Crippen molar-refractivity contribution in [2.75, 3.05) is 7.11 Å². The molecule has 2 atom stereocenters. The largest absolute Gasteiger partial charge is 0.465 e. The summed E-state index contributed by atoms with van der Waals surface area (Å²) in [6, 6.07) is 16.8. The van der Waals surface area contributed by atoms with Crippen LogP contribution in [0.1, 0.15) is 101 Å². The van der Waals surface area contributed by atoms with Crippen molar-refractivity contribution in [2.45, 2.75) is 104 Å². The molecule has 0 radical (unpaired) electrons. The number of methoxy groups -OCH3 is 1. The molecule has 202 valence electrons. The van der Waals surface area contributed by atoms with E-state index >= 15 is 0 Å². The van der Waals surface area contributed by atoms with E-state index in [-0.39, 0.29) is 22.9 Å². The molecule has 1 heterocycles. The van der Waals surface area contributed by atoms with Crippen molar-refractivity contribution in [3.63, 3.8) is 0 Å². The number of carbonyl (C=O) groups excluding carboxylic acids is 1. The summed E-state index contributed by atoms with van der Waals surface area (Å²) in [4.78, 5) is 13.7. The molecule has 0 aromatic heterocycles. The van der Waals surface area contributed by atoms with Crippen LogP contribution in [0.3, 0.4) is 0 Å². The number of esters is 1. The Morgan fingerprint density at radius 1 is 1.05 bits per heavy atom. The molecule has 2 aromatic carbocycles. The number of hydrogen-bond donors (Lipinski definition) is 0. The van der Waals surface area contributed by atoms with Gasteiger partial charge in [-0.05, 0) is 79.0 Å². The molecule has 0 bridgehead atoms. The Bertz CT molecular complexity index is 1080. The number of thioether (sulfide) groups is 1. The molecule has 0 fully saturated rings. The van der Waals surface area contributed by atoms with Crippen LogP contribution in [0.5, 0.6) is 0 Å². The lowest BCUT2D eigenvalue weighted by atomic mass is 9.71. The van der Waals surface area contributed by atoms with E-state index in [2.05, 4.69) is 95.8 Å². The van der Waals surface area contributed by atoms with E-state index in [1.807, 2.05) is 13.0 Å². The molecule has 3 rings (SSSR count). The quantitative estimate of drug-likeness (QED) is 0.276. The summed E-state index contributed by atoms with van der Waals surface area (Å²) in [5.41, 5.74) is 5.90. The summed E-state index contributed by atoms with van der Waals surface area (Å²) in [6.45, 7) is 16.5. The molecular weight excluding hydrogens is 476 g/mol. The molecule has 4 heteroatoms. The Balaban J connectivity index is 1.73.